The Labute approximate surface area is 184 Å². The topological polar surface area (TPSA) is 108 Å². The molecule has 3 rings (SSSR count). The van der Waals surface area contributed by atoms with Gasteiger partial charge in [-0.25, -0.2) is 13.6 Å². The molecule has 0 bridgehead atoms. The summed E-state index contributed by atoms with van der Waals surface area (Å²) in [6.45, 7) is 0. The number of hydrogen-bond acceptors (Lipinski definition) is 5. The van der Waals surface area contributed by atoms with Crippen molar-refractivity contribution < 1.29 is 22.7 Å². The van der Waals surface area contributed by atoms with E-state index in [9.17, 15) is 13.2 Å². The molecule has 3 N–H and O–H groups in total. The number of nitrogens with two attached hydrogens (primary N) is 1. The average molecular weight is 469 g/mol. The summed E-state index contributed by atoms with van der Waals surface area (Å²) in [4.78, 5) is 12.7. The molecule has 0 saturated carbocycles. The van der Waals surface area contributed by atoms with Crippen LogP contribution in [0.3, 0.4) is 0 Å². The molecule has 0 radical (unpaired) electrons. The Kier molecular flexibility index (Phi) is 6.72. The van der Waals surface area contributed by atoms with Gasteiger partial charge in [0.25, 0.3) is 5.91 Å². The molecule has 1 aliphatic rings. The van der Waals surface area contributed by atoms with Gasteiger partial charge < -0.3 is 14.8 Å². The monoisotopic (exact) mass is 468 g/mol. The largest absolute Gasteiger partial charge is 0.493 e. The van der Waals surface area contributed by atoms with Gasteiger partial charge in [0.1, 0.15) is 11.5 Å². The maximum atomic E-state index is 12.9. The van der Waals surface area contributed by atoms with Crippen molar-refractivity contribution in [1.29, 1.82) is 0 Å². The zero-order valence-corrected chi connectivity index (χ0v) is 18.1. The summed E-state index contributed by atoms with van der Waals surface area (Å²) >= 11 is 12.1. The van der Waals surface area contributed by atoms with Crippen LogP contribution in [0.4, 0.5) is 5.69 Å². The number of rotatable bonds is 6. The third kappa shape index (κ3) is 5.34. The fourth-order valence-corrected chi connectivity index (χ4v) is 3.69. The SMILES string of the molecule is COC1=C(Oc2cc(Cl)ccc2C(=O)Nc2cccc(S(N)(=O)=O)c2)CCC(Cl)=C1. The number of nitrogens with one attached hydrogen (secondary N) is 1. The molecule has 1 aliphatic carbocycles. The van der Waals surface area contributed by atoms with Gasteiger partial charge in [-0.05, 0) is 42.8 Å². The summed E-state index contributed by atoms with van der Waals surface area (Å²) in [6, 6.07) is 10.2. The lowest BCUT2D eigenvalue weighted by molar-refractivity contribution is 0.102. The van der Waals surface area contributed by atoms with Crippen LogP contribution < -0.4 is 15.2 Å². The third-order valence-corrected chi connectivity index (χ3v) is 5.66. The molecule has 0 spiro atoms. The van der Waals surface area contributed by atoms with Gasteiger partial charge in [0.05, 0.1) is 17.6 Å². The number of sulfonamides is 1. The minimum Gasteiger partial charge on any atom is -0.493 e. The number of amides is 1. The van der Waals surface area contributed by atoms with Crippen LogP contribution in [0.5, 0.6) is 5.75 Å². The molecule has 0 aromatic heterocycles. The summed E-state index contributed by atoms with van der Waals surface area (Å²) in [5, 5.41) is 8.79. The average Bonchev–Trinajstić information content (AvgIpc) is 2.69. The number of carbonyl (C=O) groups excluding carboxylic acids is 1. The molecule has 0 heterocycles. The molecule has 0 unspecified atom stereocenters. The van der Waals surface area contributed by atoms with Crippen LogP contribution in [0.25, 0.3) is 0 Å². The van der Waals surface area contributed by atoms with Gasteiger partial charge >= 0.3 is 0 Å². The number of primary sulfonamides is 1. The predicted molar refractivity (Wildman–Crippen MR) is 115 cm³/mol. The maximum Gasteiger partial charge on any atom is 0.259 e. The minimum atomic E-state index is -3.90. The summed E-state index contributed by atoms with van der Waals surface area (Å²) in [5.41, 5.74) is 0.459. The van der Waals surface area contributed by atoms with Gasteiger partial charge in [-0.15, -0.1) is 0 Å². The normalized spacial score (nSPS) is 14.2. The number of halogens is 2. The highest BCUT2D eigenvalue weighted by Crippen LogP contribution is 2.32. The second kappa shape index (κ2) is 9.09. The fourth-order valence-electron chi connectivity index (χ4n) is 2.78. The first-order valence-corrected chi connectivity index (χ1v) is 11.0. The van der Waals surface area contributed by atoms with Crippen molar-refractivity contribution in [3.05, 3.63) is 75.7 Å². The van der Waals surface area contributed by atoms with Crippen molar-refractivity contribution in [2.24, 2.45) is 5.14 Å². The van der Waals surface area contributed by atoms with E-state index in [0.29, 0.717) is 34.4 Å². The van der Waals surface area contributed by atoms with Crippen LogP contribution in [0, 0.1) is 0 Å². The molecule has 1 amide bonds. The van der Waals surface area contributed by atoms with E-state index in [-0.39, 0.29) is 21.9 Å². The van der Waals surface area contributed by atoms with Crippen molar-refractivity contribution >= 4 is 44.8 Å². The van der Waals surface area contributed by atoms with E-state index >= 15 is 0 Å². The molecular weight excluding hydrogens is 451 g/mol. The molecule has 30 heavy (non-hydrogen) atoms. The Bertz CT molecular complexity index is 1160. The number of hydrogen-bond donors (Lipinski definition) is 2. The van der Waals surface area contributed by atoms with E-state index in [1.807, 2.05) is 0 Å². The number of benzene rings is 2. The van der Waals surface area contributed by atoms with Crippen LogP contribution in [0.1, 0.15) is 23.2 Å². The van der Waals surface area contributed by atoms with Gasteiger partial charge in [-0.2, -0.15) is 0 Å². The first kappa shape index (κ1) is 22.2. The molecule has 0 fully saturated rings. The number of ether oxygens (including phenoxy) is 2. The summed E-state index contributed by atoms with van der Waals surface area (Å²) in [5.74, 6) is 0.670. The van der Waals surface area contributed by atoms with Crippen molar-refractivity contribution in [2.45, 2.75) is 17.7 Å². The molecule has 158 valence electrons. The highest BCUT2D eigenvalue weighted by atomic mass is 35.5. The number of methoxy groups -OCH3 is 1. The molecule has 2 aromatic rings. The predicted octanol–water partition coefficient (Wildman–Crippen LogP) is 4.39. The maximum absolute atomic E-state index is 12.9. The zero-order valence-electron chi connectivity index (χ0n) is 15.8. The number of anilines is 1. The van der Waals surface area contributed by atoms with E-state index in [1.165, 1.54) is 37.4 Å². The smallest absolute Gasteiger partial charge is 0.259 e. The third-order valence-electron chi connectivity index (χ3n) is 4.22. The van der Waals surface area contributed by atoms with Crippen LogP contribution in [-0.2, 0) is 14.8 Å². The van der Waals surface area contributed by atoms with Crippen molar-refractivity contribution in [3.8, 4) is 5.75 Å². The first-order valence-electron chi connectivity index (χ1n) is 8.72. The summed E-state index contributed by atoms with van der Waals surface area (Å²) in [7, 11) is -2.41. The van der Waals surface area contributed by atoms with Crippen LogP contribution >= 0.6 is 23.2 Å². The molecule has 7 nitrogen and oxygen atoms in total. The van der Waals surface area contributed by atoms with Crippen molar-refractivity contribution in [1.82, 2.24) is 0 Å². The van der Waals surface area contributed by atoms with E-state index in [1.54, 1.807) is 18.2 Å². The quantitative estimate of drug-likeness (QED) is 0.653. The Hall–Kier alpha value is -2.52. The molecule has 2 aromatic carbocycles. The molecule has 10 heteroatoms. The molecule has 0 saturated heterocycles. The van der Waals surface area contributed by atoms with E-state index in [2.05, 4.69) is 5.32 Å². The van der Waals surface area contributed by atoms with Crippen LogP contribution in [-0.4, -0.2) is 21.4 Å². The van der Waals surface area contributed by atoms with Gasteiger partial charge in [0, 0.05) is 28.2 Å². The Balaban J connectivity index is 1.91. The fraction of sp³-hybridized carbons (Fsp3) is 0.150. The Morgan fingerprint density at radius 3 is 2.60 bits per heavy atom. The minimum absolute atomic E-state index is 0.117. The summed E-state index contributed by atoms with van der Waals surface area (Å²) in [6.07, 6.45) is 2.72. The van der Waals surface area contributed by atoms with E-state index in [4.69, 9.17) is 37.8 Å². The molecule has 0 atom stereocenters. The standard InChI is InChI=1S/C20H18Cl2N2O5S/c1-28-19-10-13(22)6-8-17(19)29-18-9-12(21)5-7-16(18)20(25)24-14-3-2-4-15(11-14)30(23,26)27/h2-5,7,9-11H,6,8H2,1H3,(H,24,25)(H2,23,26,27). The lowest BCUT2D eigenvalue weighted by Gasteiger charge is -2.19. The second-order valence-electron chi connectivity index (χ2n) is 6.35. The highest BCUT2D eigenvalue weighted by molar-refractivity contribution is 7.89. The van der Waals surface area contributed by atoms with Crippen LogP contribution in [0.2, 0.25) is 5.02 Å². The first-order chi connectivity index (χ1) is 14.2. The van der Waals surface area contributed by atoms with Gasteiger partial charge in [0.2, 0.25) is 10.0 Å². The van der Waals surface area contributed by atoms with Gasteiger partial charge in [-0.3, -0.25) is 4.79 Å². The van der Waals surface area contributed by atoms with E-state index < -0.39 is 15.9 Å². The lowest BCUT2D eigenvalue weighted by atomic mass is 10.1. The van der Waals surface area contributed by atoms with Crippen molar-refractivity contribution in [2.75, 3.05) is 12.4 Å². The lowest BCUT2D eigenvalue weighted by Crippen LogP contribution is -2.16. The van der Waals surface area contributed by atoms with Gasteiger partial charge in [-0.1, -0.05) is 29.3 Å². The van der Waals surface area contributed by atoms with Crippen molar-refractivity contribution in [3.63, 3.8) is 0 Å². The van der Waals surface area contributed by atoms with Gasteiger partial charge in [0.15, 0.2) is 5.76 Å². The number of carbonyl (C=O) groups is 1. The number of allylic oxidation sites excluding steroid dienone is 3. The Morgan fingerprint density at radius 2 is 1.90 bits per heavy atom. The Morgan fingerprint density at radius 1 is 1.13 bits per heavy atom. The highest BCUT2D eigenvalue weighted by Gasteiger charge is 2.20. The summed E-state index contributed by atoms with van der Waals surface area (Å²) < 4.78 is 34.3. The van der Waals surface area contributed by atoms with Crippen LogP contribution in [0.15, 0.2) is 70.0 Å². The zero-order chi connectivity index (χ0) is 21.9. The molecular formula is C20H18Cl2N2O5S. The molecule has 0 aliphatic heterocycles. The van der Waals surface area contributed by atoms with E-state index in [0.717, 1.165) is 0 Å². The second-order valence-corrected chi connectivity index (χ2v) is 8.84.